The normalized spacial score (nSPS) is 27.8. The summed E-state index contributed by atoms with van der Waals surface area (Å²) in [6, 6.07) is 0. The molecule has 0 aliphatic carbocycles. The van der Waals surface area contributed by atoms with Gasteiger partial charge in [0.15, 0.2) is 0 Å². The molecule has 2 fully saturated rings. The van der Waals surface area contributed by atoms with Gasteiger partial charge in [-0.05, 0) is 25.9 Å². The molecule has 0 saturated carbocycles. The zero-order valence-electron chi connectivity index (χ0n) is 7.39. The molecule has 2 aliphatic rings. The van der Waals surface area contributed by atoms with Crippen molar-refractivity contribution in [2.75, 3.05) is 38.7 Å². The predicted octanol–water partition coefficient (Wildman–Crippen LogP) is 1.34. The zero-order chi connectivity index (χ0) is 8.44. The van der Waals surface area contributed by atoms with Gasteiger partial charge in [-0.25, -0.2) is 0 Å². The van der Waals surface area contributed by atoms with Crippen molar-refractivity contribution in [2.45, 2.75) is 12.8 Å². The molecule has 3 heteroatoms. The van der Waals surface area contributed by atoms with Crippen LogP contribution in [0.5, 0.6) is 0 Å². The molecular weight excluding hydrogens is 174 g/mol. The molecule has 2 aliphatic heterocycles. The lowest BCUT2D eigenvalue weighted by molar-refractivity contribution is -0.104. The van der Waals surface area contributed by atoms with Gasteiger partial charge in [0.2, 0.25) is 0 Å². The standard InChI is InChI=1S/C9H16ClNO/c10-3-1-4-11-5-2-9(6-11)7-12-8-9/h1-8H2. The van der Waals surface area contributed by atoms with Crippen LogP contribution in [0.25, 0.3) is 0 Å². The fourth-order valence-electron chi connectivity index (χ4n) is 2.13. The summed E-state index contributed by atoms with van der Waals surface area (Å²) < 4.78 is 5.26. The van der Waals surface area contributed by atoms with Crippen molar-refractivity contribution in [1.82, 2.24) is 4.90 Å². The maximum absolute atomic E-state index is 5.65. The Hall–Kier alpha value is 0.210. The van der Waals surface area contributed by atoms with Crippen molar-refractivity contribution in [2.24, 2.45) is 5.41 Å². The summed E-state index contributed by atoms with van der Waals surface area (Å²) in [5, 5.41) is 0. The summed E-state index contributed by atoms with van der Waals surface area (Å²) >= 11 is 5.65. The zero-order valence-corrected chi connectivity index (χ0v) is 8.15. The number of ether oxygens (including phenoxy) is 1. The Kier molecular flexibility index (Phi) is 2.58. The Morgan fingerprint density at radius 2 is 2.25 bits per heavy atom. The van der Waals surface area contributed by atoms with Gasteiger partial charge in [-0.15, -0.1) is 11.6 Å². The molecule has 0 aromatic rings. The largest absolute Gasteiger partial charge is 0.380 e. The van der Waals surface area contributed by atoms with E-state index in [2.05, 4.69) is 4.90 Å². The predicted molar refractivity (Wildman–Crippen MR) is 49.6 cm³/mol. The maximum atomic E-state index is 5.65. The van der Waals surface area contributed by atoms with Crippen LogP contribution in [0.2, 0.25) is 0 Å². The molecule has 0 atom stereocenters. The van der Waals surface area contributed by atoms with Gasteiger partial charge in [0.1, 0.15) is 0 Å². The number of halogens is 1. The van der Waals surface area contributed by atoms with Crippen molar-refractivity contribution < 1.29 is 4.74 Å². The smallest absolute Gasteiger partial charge is 0.0557 e. The van der Waals surface area contributed by atoms with Crippen LogP contribution in [0, 0.1) is 5.41 Å². The molecule has 0 amide bonds. The molecule has 0 bridgehead atoms. The fourth-order valence-corrected chi connectivity index (χ4v) is 2.25. The SMILES string of the molecule is ClCCCN1CCC2(COC2)C1. The Labute approximate surface area is 78.8 Å². The first-order valence-corrected chi connectivity index (χ1v) is 5.24. The van der Waals surface area contributed by atoms with Gasteiger partial charge in [-0.1, -0.05) is 0 Å². The summed E-state index contributed by atoms with van der Waals surface area (Å²) in [5.41, 5.74) is 0.548. The van der Waals surface area contributed by atoms with Crippen LogP contribution in [-0.2, 0) is 4.74 Å². The van der Waals surface area contributed by atoms with E-state index in [1.807, 2.05) is 0 Å². The van der Waals surface area contributed by atoms with Gasteiger partial charge in [0, 0.05) is 17.8 Å². The van der Waals surface area contributed by atoms with Gasteiger partial charge >= 0.3 is 0 Å². The molecule has 2 heterocycles. The Bertz CT molecular complexity index is 157. The monoisotopic (exact) mass is 189 g/mol. The third-order valence-electron chi connectivity index (χ3n) is 2.94. The van der Waals surface area contributed by atoms with Crippen LogP contribution in [0.4, 0.5) is 0 Å². The van der Waals surface area contributed by atoms with Crippen LogP contribution in [0.3, 0.4) is 0 Å². The summed E-state index contributed by atoms with van der Waals surface area (Å²) in [5.74, 6) is 0.792. The van der Waals surface area contributed by atoms with Gasteiger partial charge in [-0.2, -0.15) is 0 Å². The van der Waals surface area contributed by atoms with Crippen LogP contribution in [-0.4, -0.2) is 43.6 Å². The molecule has 0 aromatic heterocycles. The fraction of sp³-hybridized carbons (Fsp3) is 1.00. The van der Waals surface area contributed by atoms with Gasteiger partial charge in [-0.3, -0.25) is 0 Å². The molecule has 12 heavy (non-hydrogen) atoms. The Morgan fingerprint density at radius 1 is 1.42 bits per heavy atom. The van der Waals surface area contributed by atoms with E-state index in [1.165, 1.54) is 26.1 Å². The highest BCUT2D eigenvalue weighted by Gasteiger charge is 2.43. The van der Waals surface area contributed by atoms with Gasteiger partial charge in [0.05, 0.1) is 13.2 Å². The summed E-state index contributed by atoms with van der Waals surface area (Å²) in [6.45, 7) is 5.64. The number of rotatable bonds is 3. The Balaban J connectivity index is 1.74. The minimum Gasteiger partial charge on any atom is -0.380 e. The molecule has 70 valence electrons. The van der Waals surface area contributed by atoms with Gasteiger partial charge < -0.3 is 9.64 Å². The number of likely N-dealkylation sites (tertiary alicyclic amines) is 1. The van der Waals surface area contributed by atoms with E-state index in [0.717, 1.165) is 25.5 Å². The van der Waals surface area contributed by atoms with Crippen molar-refractivity contribution in [1.29, 1.82) is 0 Å². The van der Waals surface area contributed by atoms with Crippen molar-refractivity contribution in [3.05, 3.63) is 0 Å². The van der Waals surface area contributed by atoms with E-state index in [1.54, 1.807) is 0 Å². The highest BCUT2D eigenvalue weighted by atomic mass is 35.5. The van der Waals surface area contributed by atoms with Gasteiger partial charge in [0.25, 0.3) is 0 Å². The second kappa shape index (κ2) is 3.52. The van der Waals surface area contributed by atoms with E-state index in [0.29, 0.717) is 5.41 Å². The lowest BCUT2D eigenvalue weighted by atomic mass is 9.85. The Morgan fingerprint density at radius 3 is 2.75 bits per heavy atom. The van der Waals surface area contributed by atoms with E-state index in [-0.39, 0.29) is 0 Å². The maximum Gasteiger partial charge on any atom is 0.0557 e. The average Bonchev–Trinajstić information content (AvgIpc) is 2.44. The van der Waals surface area contributed by atoms with Crippen LogP contribution in [0.15, 0.2) is 0 Å². The van der Waals surface area contributed by atoms with Crippen LogP contribution in [0.1, 0.15) is 12.8 Å². The number of nitrogens with zero attached hydrogens (tertiary/aromatic N) is 1. The van der Waals surface area contributed by atoms with Crippen molar-refractivity contribution in [3.8, 4) is 0 Å². The number of hydrogen-bond acceptors (Lipinski definition) is 2. The van der Waals surface area contributed by atoms with Crippen LogP contribution >= 0.6 is 11.6 Å². The molecule has 2 saturated heterocycles. The van der Waals surface area contributed by atoms with E-state index >= 15 is 0 Å². The summed E-state index contributed by atoms with van der Waals surface area (Å²) in [7, 11) is 0. The lowest BCUT2D eigenvalue weighted by Crippen LogP contribution is -2.44. The van der Waals surface area contributed by atoms with E-state index < -0.39 is 0 Å². The molecule has 0 aromatic carbocycles. The third kappa shape index (κ3) is 1.61. The number of alkyl halides is 1. The lowest BCUT2D eigenvalue weighted by Gasteiger charge is -2.37. The first kappa shape index (κ1) is 8.79. The topological polar surface area (TPSA) is 12.5 Å². The molecule has 0 N–H and O–H groups in total. The molecular formula is C9H16ClNO. The highest BCUT2D eigenvalue weighted by molar-refractivity contribution is 6.17. The molecule has 2 nitrogen and oxygen atoms in total. The minimum absolute atomic E-state index is 0.548. The molecule has 2 rings (SSSR count). The molecule has 0 radical (unpaired) electrons. The summed E-state index contributed by atoms with van der Waals surface area (Å²) in [4.78, 5) is 2.52. The first-order chi connectivity index (χ1) is 5.85. The minimum atomic E-state index is 0.548. The molecule has 0 unspecified atom stereocenters. The van der Waals surface area contributed by atoms with Crippen LogP contribution < -0.4 is 0 Å². The van der Waals surface area contributed by atoms with Crippen molar-refractivity contribution >= 4 is 11.6 Å². The second-order valence-corrected chi connectivity index (χ2v) is 4.44. The quantitative estimate of drug-likeness (QED) is 0.622. The second-order valence-electron chi connectivity index (χ2n) is 4.06. The van der Waals surface area contributed by atoms with E-state index in [4.69, 9.17) is 16.3 Å². The number of hydrogen-bond donors (Lipinski definition) is 0. The third-order valence-corrected chi connectivity index (χ3v) is 3.21. The summed E-state index contributed by atoms with van der Waals surface area (Å²) in [6.07, 6.45) is 2.45. The molecule has 1 spiro atoms. The highest BCUT2D eigenvalue weighted by Crippen LogP contribution is 2.37. The average molecular weight is 190 g/mol. The van der Waals surface area contributed by atoms with Crippen molar-refractivity contribution in [3.63, 3.8) is 0 Å². The van der Waals surface area contributed by atoms with E-state index in [9.17, 15) is 0 Å². The first-order valence-electron chi connectivity index (χ1n) is 4.71.